The molecular formula is C23H29N3O2. The Morgan fingerprint density at radius 3 is 2.50 bits per heavy atom. The van der Waals surface area contributed by atoms with Crippen molar-refractivity contribution in [3.05, 3.63) is 65.2 Å². The molecule has 0 bridgehead atoms. The summed E-state index contributed by atoms with van der Waals surface area (Å²) in [6.07, 6.45) is 1.73. The summed E-state index contributed by atoms with van der Waals surface area (Å²) in [7, 11) is 1.83. The van der Waals surface area contributed by atoms with Crippen molar-refractivity contribution in [1.82, 2.24) is 10.2 Å². The highest BCUT2D eigenvalue weighted by Gasteiger charge is 2.24. The minimum atomic E-state index is -0.0118. The van der Waals surface area contributed by atoms with Crippen molar-refractivity contribution in [2.45, 2.75) is 32.7 Å². The summed E-state index contributed by atoms with van der Waals surface area (Å²) < 4.78 is 0. The zero-order valence-electron chi connectivity index (χ0n) is 16.9. The molecule has 2 aromatic rings. The molecule has 1 aliphatic rings. The van der Waals surface area contributed by atoms with Crippen molar-refractivity contribution >= 4 is 17.5 Å². The van der Waals surface area contributed by atoms with E-state index in [1.54, 1.807) is 4.90 Å². The number of hydrogen-bond acceptors (Lipinski definition) is 3. The van der Waals surface area contributed by atoms with E-state index in [1.165, 1.54) is 0 Å². The molecule has 5 nitrogen and oxygen atoms in total. The van der Waals surface area contributed by atoms with E-state index in [9.17, 15) is 9.59 Å². The highest BCUT2D eigenvalue weighted by Crippen LogP contribution is 2.25. The third kappa shape index (κ3) is 4.53. The lowest BCUT2D eigenvalue weighted by molar-refractivity contribution is 0.0802. The third-order valence-electron chi connectivity index (χ3n) is 5.41. The number of aryl methyl sites for hydroxylation is 1. The zero-order chi connectivity index (χ0) is 20.1. The van der Waals surface area contributed by atoms with E-state index in [0.717, 1.165) is 42.7 Å². The fraction of sp³-hybridized carbons (Fsp3) is 0.391. The van der Waals surface area contributed by atoms with Crippen LogP contribution in [0.3, 0.4) is 0 Å². The number of benzene rings is 2. The molecule has 2 aromatic carbocycles. The average molecular weight is 380 g/mol. The van der Waals surface area contributed by atoms with Gasteiger partial charge in [0, 0.05) is 44.0 Å². The number of rotatable bonds is 5. The fourth-order valence-electron chi connectivity index (χ4n) is 3.60. The van der Waals surface area contributed by atoms with Gasteiger partial charge >= 0.3 is 0 Å². The molecule has 0 atom stereocenters. The Morgan fingerprint density at radius 2 is 1.82 bits per heavy atom. The largest absolute Gasteiger partial charge is 0.371 e. The molecule has 0 radical (unpaired) electrons. The molecule has 1 heterocycles. The van der Waals surface area contributed by atoms with Gasteiger partial charge in [0.15, 0.2) is 0 Å². The summed E-state index contributed by atoms with van der Waals surface area (Å²) in [6, 6.07) is 15.6. The summed E-state index contributed by atoms with van der Waals surface area (Å²) in [5.74, 6) is 0.0373. The first-order valence-corrected chi connectivity index (χ1v) is 9.96. The van der Waals surface area contributed by atoms with Gasteiger partial charge in [-0.2, -0.15) is 0 Å². The van der Waals surface area contributed by atoms with Crippen LogP contribution in [0.25, 0.3) is 0 Å². The maximum Gasteiger partial charge on any atom is 0.255 e. The lowest BCUT2D eigenvalue weighted by atomic mass is 10.0. The van der Waals surface area contributed by atoms with Gasteiger partial charge in [0.05, 0.1) is 5.56 Å². The van der Waals surface area contributed by atoms with Gasteiger partial charge in [-0.25, -0.2) is 0 Å². The van der Waals surface area contributed by atoms with Gasteiger partial charge in [0.2, 0.25) is 0 Å². The van der Waals surface area contributed by atoms with E-state index >= 15 is 0 Å². The number of nitrogens with zero attached hydrogens (tertiary/aromatic N) is 2. The van der Waals surface area contributed by atoms with Gasteiger partial charge in [0.25, 0.3) is 11.8 Å². The number of piperidine rings is 1. The quantitative estimate of drug-likeness (QED) is 0.865. The molecule has 0 spiro atoms. The highest BCUT2D eigenvalue weighted by molar-refractivity contribution is 5.99. The van der Waals surface area contributed by atoms with Crippen LogP contribution in [0.1, 0.15) is 46.0 Å². The van der Waals surface area contributed by atoms with E-state index in [0.29, 0.717) is 12.1 Å². The summed E-state index contributed by atoms with van der Waals surface area (Å²) in [6.45, 7) is 6.28. The van der Waals surface area contributed by atoms with E-state index < -0.39 is 0 Å². The number of amides is 2. The van der Waals surface area contributed by atoms with Crippen molar-refractivity contribution in [3.8, 4) is 0 Å². The molecule has 1 aliphatic heterocycles. The number of carbonyl (C=O) groups excluding carboxylic acids is 2. The topological polar surface area (TPSA) is 52.7 Å². The summed E-state index contributed by atoms with van der Waals surface area (Å²) in [5, 5.41) is 3.16. The second-order valence-electron chi connectivity index (χ2n) is 7.44. The standard InChI is InChI=1S/C23H29N3O2/c1-4-25(3)23(28)20-10-5-6-11-21(20)26-14-12-19(13-15-26)24-22(27)18-9-7-8-17(2)16-18/h5-11,16,19H,4,12-15H2,1-3H3,(H,24,27). The first-order valence-electron chi connectivity index (χ1n) is 9.96. The lowest BCUT2D eigenvalue weighted by Gasteiger charge is -2.35. The van der Waals surface area contributed by atoms with E-state index in [1.807, 2.05) is 69.4 Å². The number of anilines is 1. The van der Waals surface area contributed by atoms with Gasteiger partial charge in [0.1, 0.15) is 0 Å². The summed E-state index contributed by atoms with van der Waals surface area (Å²) in [4.78, 5) is 29.2. The van der Waals surface area contributed by atoms with Crippen molar-refractivity contribution in [2.24, 2.45) is 0 Å². The molecule has 1 N–H and O–H groups in total. The SMILES string of the molecule is CCN(C)C(=O)c1ccccc1N1CCC(NC(=O)c2cccc(C)c2)CC1. The van der Waals surface area contributed by atoms with E-state index in [2.05, 4.69) is 10.2 Å². The van der Waals surface area contributed by atoms with Crippen molar-refractivity contribution in [1.29, 1.82) is 0 Å². The molecule has 1 fully saturated rings. The predicted molar refractivity (Wildman–Crippen MR) is 113 cm³/mol. The Hall–Kier alpha value is -2.82. The van der Waals surface area contributed by atoms with E-state index in [4.69, 9.17) is 0 Å². The number of hydrogen-bond donors (Lipinski definition) is 1. The van der Waals surface area contributed by atoms with Gasteiger partial charge in [-0.05, 0) is 51.0 Å². The minimum Gasteiger partial charge on any atom is -0.371 e. The highest BCUT2D eigenvalue weighted by atomic mass is 16.2. The summed E-state index contributed by atoms with van der Waals surface area (Å²) in [5.41, 5.74) is 3.52. The molecule has 1 saturated heterocycles. The predicted octanol–water partition coefficient (Wildman–Crippen LogP) is 3.49. The maximum atomic E-state index is 12.7. The van der Waals surface area contributed by atoms with Crippen LogP contribution >= 0.6 is 0 Å². The Balaban J connectivity index is 1.63. The van der Waals surface area contributed by atoms with Crippen LogP contribution in [-0.4, -0.2) is 49.4 Å². The molecule has 0 unspecified atom stereocenters. The van der Waals surface area contributed by atoms with Gasteiger partial charge in [-0.1, -0.05) is 29.8 Å². The third-order valence-corrected chi connectivity index (χ3v) is 5.41. The van der Waals surface area contributed by atoms with E-state index in [-0.39, 0.29) is 17.9 Å². The zero-order valence-corrected chi connectivity index (χ0v) is 16.9. The van der Waals surface area contributed by atoms with Gasteiger partial charge in [-0.15, -0.1) is 0 Å². The molecule has 5 heteroatoms. The molecule has 0 aromatic heterocycles. The molecule has 0 saturated carbocycles. The molecule has 0 aliphatic carbocycles. The Labute approximate surface area is 167 Å². The van der Waals surface area contributed by atoms with Crippen LogP contribution in [0, 0.1) is 6.92 Å². The Bertz CT molecular complexity index is 841. The molecular weight excluding hydrogens is 350 g/mol. The van der Waals surface area contributed by atoms with Crippen LogP contribution in [0.2, 0.25) is 0 Å². The Morgan fingerprint density at radius 1 is 1.11 bits per heavy atom. The van der Waals surface area contributed by atoms with Crippen LogP contribution in [0.4, 0.5) is 5.69 Å². The maximum absolute atomic E-state index is 12.7. The second kappa shape index (κ2) is 8.91. The minimum absolute atomic E-state index is 0.0118. The smallest absolute Gasteiger partial charge is 0.255 e. The van der Waals surface area contributed by atoms with Gasteiger partial charge < -0.3 is 15.1 Å². The van der Waals surface area contributed by atoms with Gasteiger partial charge in [-0.3, -0.25) is 9.59 Å². The van der Waals surface area contributed by atoms with Crippen LogP contribution in [0.5, 0.6) is 0 Å². The molecule has 28 heavy (non-hydrogen) atoms. The van der Waals surface area contributed by atoms with Crippen LogP contribution < -0.4 is 10.2 Å². The first-order chi connectivity index (χ1) is 13.5. The first kappa shape index (κ1) is 19.9. The lowest BCUT2D eigenvalue weighted by Crippen LogP contribution is -2.45. The number of para-hydroxylation sites is 1. The second-order valence-corrected chi connectivity index (χ2v) is 7.44. The number of nitrogens with one attached hydrogen (secondary N) is 1. The molecule has 3 rings (SSSR count). The fourth-order valence-corrected chi connectivity index (χ4v) is 3.60. The number of carbonyl (C=O) groups is 2. The Kier molecular flexibility index (Phi) is 6.34. The normalized spacial score (nSPS) is 14.6. The molecule has 148 valence electrons. The average Bonchev–Trinajstić information content (AvgIpc) is 2.73. The van der Waals surface area contributed by atoms with Crippen molar-refractivity contribution in [3.63, 3.8) is 0 Å². The van der Waals surface area contributed by atoms with Crippen molar-refractivity contribution < 1.29 is 9.59 Å². The summed E-state index contributed by atoms with van der Waals surface area (Å²) >= 11 is 0. The monoisotopic (exact) mass is 379 g/mol. The van der Waals surface area contributed by atoms with Crippen LogP contribution in [-0.2, 0) is 0 Å². The molecule has 2 amide bonds. The van der Waals surface area contributed by atoms with Crippen molar-refractivity contribution in [2.75, 3.05) is 31.6 Å². The van der Waals surface area contributed by atoms with Crippen LogP contribution in [0.15, 0.2) is 48.5 Å².